The number of rotatable bonds is 5. The van der Waals surface area contributed by atoms with Crippen molar-refractivity contribution in [2.75, 3.05) is 20.1 Å². The van der Waals surface area contributed by atoms with Crippen LogP contribution in [0.25, 0.3) is 0 Å². The molecule has 0 bridgehead atoms. The minimum Gasteiger partial charge on any atom is -0.352 e. The molecule has 156 valence electrons. The first kappa shape index (κ1) is 22.4. The summed E-state index contributed by atoms with van der Waals surface area (Å²) in [7, 11) is 2.11. The van der Waals surface area contributed by atoms with Crippen molar-refractivity contribution in [1.29, 1.82) is 0 Å². The van der Waals surface area contributed by atoms with Crippen molar-refractivity contribution in [3.63, 3.8) is 0 Å². The SMILES string of the molecule is Cc1cc(C2(C(C)C(=O)NCc3cc(Br)cc(Br)c3)CCN(C)CC2)ccc1F. The fourth-order valence-electron chi connectivity index (χ4n) is 4.25. The normalized spacial score (nSPS) is 17.7. The molecule has 0 saturated carbocycles. The number of amides is 1. The van der Waals surface area contributed by atoms with E-state index in [0.717, 1.165) is 46.0 Å². The largest absolute Gasteiger partial charge is 0.352 e. The minimum absolute atomic E-state index is 0.0348. The Balaban J connectivity index is 1.83. The van der Waals surface area contributed by atoms with Crippen LogP contribution in [-0.2, 0) is 16.8 Å². The quantitative estimate of drug-likeness (QED) is 0.553. The average Bonchev–Trinajstić information content (AvgIpc) is 2.68. The number of likely N-dealkylation sites (tertiary alicyclic amines) is 1. The second-order valence-corrected chi connectivity index (χ2v) is 9.97. The van der Waals surface area contributed by atoms with Crippen molar-refractivity contribution in [2.45, 2.75) is 38.6 Å². The summed E-state index contributed by atoms with van der Waals surface area (Å²) in [6, 6.07) is 11.3. The van der Waals surface area contributed by atoms with Crippen molar-refractivity contribution < 1.29 is 9.18 Å². The summed E-state index contributed by atoms with van der Waals surface area (Å²) in [6.45, 7) is 6.12. The van der Waals surface area contributed by atoms with E-state index in [1.807, 2.05) is 37.3 Å². The number of carbonyl (C=O) groups excluding carboxylic acids is 1. The maximum atomic E-state index is 13.9. The predicted molar refractivity (Wildman–Crippen MR) is 122 cm³/mol. The molecule has 0 aliphatic carbocycles. The van der Waals surface area contributed by atoms with Gasteiger partial charge >= 0.3 is 0 Å². The van der Waals surface area contributed by atoms with Crippen LogP contribution in [0.3, 0.4) is 0 Å². The van der Waals surface area contributed by atoms with Crippen LogP contribution in [0.2, 0.25) is 0 Å². The number of nitrogens with one attached hydrogen (secondary N) is 1. The fraction of sp³-hybridized carbons (Fsp3) is 0.435. The molecule has 6 heteroatoms. The molecule has 3 rings (SSSR count). The van der Waals surface area contributed by atoms with Crippen LogP contribution >= 0.6 is 31.9 Å². The van der Waals surface area contributed by atoms with Crippen LogP contribution in [0.1, 0.15) is 36.5 Å². The lowest BCUT2D eigenvalue weighted by atomic mass is 9.64. The van der Waals surface area contributed by atoms with Crippen molar-refractivity contribution in [3.05, 3.63) is 67.9 Å². The Morgan fingerprint density at radius 2 is 1.79 bits per heavy atom. The van der Waals surface area contributed by atoms with Gasteiger partial charge in [0.15, 0.2) is 0 Å². The van der Waals surface area contributed by atoms with Gasteiger partial charge in [0.25, 0.3) is 0 Å². The number of hydrogen-bond donors (Lipinski definition) is 1. The zero-order valence-electron chi connectivity index (χ0n) is 17.1. The first-order chi connectivity index (χ1) is 13.7. The third kappa shape index (κ3) is 5.09. The first-order valence-corrected chi connectivity index (χ1v) is 11.5. The van der Waals surface area contributed by atoms with E-state index in [-0.39, 0.29) is 23.1 Å². The second kappa shape index (κ2) is 9.27. The molecular formula is C23H27Br2FN2O. The molecule has 1 atom stereocenters. The van der Waals surface area contributed by atoms with E-state index in [0.29, 0.717) is 12.1 Å². The molecule has 1 N–H and O–H groups in total. The Hall–Kier alpha value is -1.24. The van der Waals surface area contributed by atoms with Gasteiger partial charge in [0.2, 0.25) is 5.91 Å². The monoisotopic (exact) mass is 524 g/mol. The topological polar surface area (TPSA) is 32.3 Å². The fourth-order valence-corrected chi connectivity index (χ4v) is 5.64. The maximum absolute atomic E-state index is 13.9. The Morgan fingerprint density at radius 3 is 2.38 bits per heavy atom. The summed E-state index contributed by atoms with van der Waals surface area (Å²) < 4.78 is 15.8. The summed E-state index contributed by atoms with van der Waals surface area (Å²) in [6.07, 6.45) is 1.76. The number of piperidine rings is 1. The number of halogens is 3. The zero-order chi connectivity index (χ0) is 21.2. The van der Waals surface area contributed by atoms with Crippen LogP contribution < -0.4 is 5.32 Å². The molecule has 1 aliphatic rings. The first-order valence-electron chi connectivity index (χ1n) is 9.89. The lowest BCUT2D eigenvalue weighted by molar-refractivity contribution is -0.127. The van der Waals surface area contributed by atoms with Crippen molar-refractivity contribution in [2.24, 2.45) is 5.92 Å². The number of carbonyl (C=O) groups is 1. The highest BCUT2D eigenvalue weighted by atomic mass is 79.9. The second-order valence-electron chi connectivity index (χ2n) is 8.14. The Kier molecular flexibility index (Phi) is 7.18. The summed E-state index contributed by atoms with van der Waals surface area (Å²) in [5, 5.41) is 3.11. The molecule has 1 aliphatic heterocycles. The van der Waals surface area contributed by atoms with Gasteiger partial charge in [0, 0.05) is 26.8 Å². The summed E-state index contributed by atoms with van der Waals surface area (Å²) in [4.78, 5) is 15.5. The molecule has 2 aromatic rings. The van der Waals surface area contributed by atoms with E-state index in [1.54, 1.807) is 6.92 Å². The molecule has 1 unspecified atom stereocenters. The molecular weight excluding hydrogens is 499 g/mol. The number of nitrogens with zero attached hydrogens (tertiary/aromatic N) is 1. The Bertz CT molecular complexity index is 874. The van der Waals surface area contributed by atoms with Gasteiger partial charge in [-0.25, -0.2) is 4.39 Å². The van der Waals surface area contributed by atoms with Crippen LogP contribution in [-0.4, -0.2) is 30.9 Å². The lowest BCUT2D eigenvalue weighted by Crippen LogP contribution is -2.49. The zero-order valence-corrected chi connectivity index (χ0v) is 20.2. The molecule has 29 heavy (non-hydrogen) atoms. The van der Waals surface area contributed by atoms with Crippen molar-refractivity contribution in [1.82, 2.24) is 10.2 Å². The smallest absolute Gasteiger partial charge is 0.223 e. The van der Waals surface area contributed by atoms with Gasteiger partial charge in [-0.2, -0.15) is 0 Å². The minimum atomic E-state index is -0.285. The molecule has 0 aromatic heterocycles. The van der Waals surface area contributed by atoms with Crippen molar-refractivity contribution in [3.8, 4) is 0 Å². The number of aryl methyl sites for hydroxylation is 1. The summed E-state index contributed by atoms with van der Waals surface area (Å²) >= 11 is 6.98. The number of benzene rings is 2. The molecule has 1 fully saturated rings. The lowest BCUT2D eigenvalue weighted by Gasteiger charge is -2.45. The molecule has 0 radical (unpaired) electrons. The van der Waals surface area contributed by atoms with Gasteiger partial charge < -0.3 is 10.2 Å². The molecule has 1 amide bonds. The highest BCUT2D eigenvalue weighted by molar-refractivity contribution is 9.11. The standard InChI is InChI=1S/C23H27Br2FN2O/c1-15-10-18(4-5-21(15)26)23(6-8-28(3)9-7-23)16(2)22(29)27-14-17-11-19(24)13-20(25)12-17/h4-5,10-13,16H,6-9,14H2,1-3H3,(H,27,29). The van der Waals surface area contributed by atoms with Gasteiger partial charge in [0.1, 0.15) is 5.82 Å². The molecule has 1 saturated heterocycles. The maximum Gasteiger partial charge on any atom is 0.223 e. The average molecular weight is 526 g/mol. The number of hydrogen-bond acceptors (Lipinski definition) is 2. The van der Waals surface area contributed by atoms with Crippen LogP contribution in [0.15, 0.2) is 45.3 Å². The van der Waals surface area contributed by atoms with Crippen molar-refractivity contribution >= 4 is 37.8 Å². The highest BCUT2D eigenvalue weighted by Gasteiger charge is 2.43. The van der Waals surface area contributed by atoms with Gasteiger partial charge in [0.05, 0.1) is 0 Å². The van der Waals surface area contributed by atoms with E-state index in [9.17, 15) is 9.18 Å². The molecule has 1 heterocycles. The van der Waals surface area contributed by atoms with Crippen LogP contribution in [0, 0.1) is 18.7 Å². The van der Waals surface area contributed by atoms with E-state index in [2.05, 4.69) is 49.1 Å². The van der Waals surface area contributed by atoms with Gasteiger partial charge in [-0.15, -0.1) is 0 Å². The van der Waals surface area contributed by atoms with Crippen LogP contribution in [0.4, 0.5) is 4.39 Å². The van der Waals surface area contributed by atoms with Gasteiger partial charge in [-0.3, -0.25) is 4.79 Å². The predicted octanol–water partition coefficient (Wildman–Crippen LogP) is 5.58. The molecule has 3 nitrogen and oxygen atoms in total. The van der Waals surface area contributed by atoms with Gasteiger partial charge in [-0.1, -0.05) is 50.9 Å². The highest BCUT2D eigenvalue weighted by Crippen LogP contribution is 2.42. The Labute approximate surface area is 189 Å². The molecule has 2 aromatic carbocycles. The summed E-state index contributed by atoms with van der Waals surface area (Å²) in [5.41, 5.74) is 2.44. The van der Waals surface area contributed by atoms with Crippen LogP contribution in [0.5, 0.6) is 0 Å². The van der Waals surface area contributed by atoms with E-state index >= 15 is 0 Å². The van der Waals surface area contributed by atoms with E-state index < -0.39 is 0 Å². The molecule has 0 spiro atoms. The third-order valence-electron chi connectivity index (χ3n) is 6.22. The third-order valence-corrected chi connectivity index (χ3v) is 7.14. The van der Waals surface area contributed by atoms with E-state index in [4.69, 9.17) is 0 Å². The van der Waals surface area contributed by atoms with E-state index in [1.165, 1.54) is 6.07 Å². The summed E-state index contributed by atoms with van der Waals surface area (Å²) in [5.74, 6) is -0.376. The Morgan fingerprint density at radius 1 is 1.17 bits per heavy atom. The van der Waals surface area contributed by atoms with Gasteiger partial charge in [-0.05, 0) is 80.9 Å².